The normalized spacial score (nSPS) is 14.2. The van der Waals surface area contributed by atoms with Crippen molar-refractivity contribution in [3.63, 3.8) is 0 Å². The zero-order chi connectivity index (χ0) is 18.8. The van der Waals surface area contributed by atoms with E-state index in [0.717, 1.165) is 17.8 Å². The summed E-state index contributed by atoms with van der Waals surface area (Å²) in [5, 5.41) is 9.52. The van der Waals surface area contributed by atoms with Crippen molar-refractivity contribution >= 4 is 18.2 Å². The molecule has 7 heteroatoms. The lowest BCUT2D eigenvalue weighted by Crippen LogP contribution is -2.02. The molecule has 0 aliphatic heterocycles. The number of rotatable bonds is 10. The maximum atomic E-state index is 12.8. The maximum Gasteiger partial charge on any atom is 0.390 e. The van der Waals surface area contributed by atoms with Crippen LogP contribution >= 0.6 is 18.2 Å². The molecule has 0 aromatic heterocycles. The molecule has 2 aromatic rings. The molecule has 0 saturated carbocycles. The molecule has 0 spiro atoms. The molecule has 0 radical (unpaired) electrons. The van der Waals surface area contributed by atoms with Gasteiger partial charge in [-0.1, -0.05) is 37.3 Å². The van der Waals surface area contributed by atoms with Crippen LogP contribution in [0.1, 0.15) is 31.9 Å². The first-order chi connectivity index (χ1) is 12.6. The molecule has 0 bridgehead atoms. The van der Waals surface area contributed by atoms with Crippen LogP contribution in [0.25, 0.3) is 0 Å². The van der Waals surface area contributed by atoms with Crippen molar-refractivity contribution in [3.05, 3.63) is 60.2 Å². The molecule has 2 aromatic carbocycles. The van der Waals surface area contributed by atoms with E-state index in [0.29, 0.717) is 22.8 Å². The van der Waals surface area contributed by atoms with Crippen LogP contribution in [-0.4, -0.2) is 12.4 Å². The summed E-state index contributed by atoms with van der Waals surface area (Å²) < 4.78 is 29.5. The zero-order valence-corrected chi connectivity index (χ0v) is 16.5. The van der Waals surface area contributed by atoms with Gasteiger partial charge in [-0.15, -0.1) is 0 Å². The Balaban J connectivity index is 2.17. The summed E-state index contributed by atoms with van der Waals surface area (Å²) in [6, 6.07) is 18.4. The lowest BCUT2D eigenvalue weighted by Gasteiger charge is -2.20. The Bertz CT molecular complexity index is 779. The first kappa shape index (κ1) is 20.5. The molecule has 0 saturated heterocycles. The predicted molar refractivity (Wildman–Crippen MR) is 104 cm³/mol. The summed E-state index contributed by atoms with van der Waals surface area (Å²) in [5.74, 6) is 1.90. The lowest BCUT2D eigenvalue weighted by molar-refractivity contribution is 0.198. The van der Waals surface area contributed by atoms with Gasteiger partial charge in [0.05, 0.1) is 12.7 Å². The number of benzene rings is 2. The van der Waals surface area contributed by atoms with Crippen molar-refractivity contribution in [2.24, 2.45) is 0 Å². The van der Waals surface area contributed by atoms with Crippen molar-refractivity contribution in [1.29, 1.82) is 5.26 Å². The Morgan fingerprint density at radius 1 is 1.12 bits per heavy atom. The second kappa shape index (κ2) is 10.4. The number of para-hydroxylation sites is 1. The highest BCUT2D eigenvalue weighted by atomic mass is 32.7. The third-order valence-electron chi connectivity index (χ3n) is 3.23. The van der Waals surface area contributed by atoms with Gasteiger partial charge in [0.25, 0.3) is 0 Å². The quantitative estimate of drug-likeness (QED) is 0.440. The molecule has 0 fully saturated rings. The van der Waals surface area contributed by atoms with E-state index < -0.39 is 12.9 Å². The van der Waals surface area contributed by atoms with Crippen LogP contribution in [0.15, 0.2) is 54.6 Å². The Kier molecular flexibility index (Phi) is 8.21. The molecule has 0 aliphatic carbocycles. The van der Waals surface area contributed by atoms with E-state index >= 15 is 0 Å². The monoisotopic (exact) mass is 391 g/mol. The molecule has 138 valence electrons. The van der Waals surface area contributed by atoms with Crippen molar-refractivity contribution < 1.29 is 18.3 Å². The predicted octanol–water partition coefficient (Wildman–Crippen LogP) is 6.35. The number of nitrogens with zero attached hydrogens (tertiary/aromatic N) is 1. The van der Waals surface area contributed by atoms with Gasteiger partial charge in [-0.3, -0.25) is 4.52 Å². The molecule has 0 N–H and O–H groups in total. The molecular weight excluding hydrogens is 369 g/mol. The van der Waals surface area contributed by atoms with Crippen LogP contribution in [0, 0.1) is 11.3 Å². The van der Waals surface area contributed by atoms with Gasteiger partial charge in [0.1, 0.15) is 11.5 Å². The zero-order valence-electron chi connectivity index (χ0n) is 14.8. The second-order valence-electron chi connectivity index (χ2n) is 5.30. The molecule has 2 atom stereocenters. The Hall–Kier alpha value is -1.77. The fraction of sp³-hybridized carbons (Fsp3) is 0.316. The van der Waals surface area contributed by atoms with E-state index in [4.69, 9.17) is 13.8 Å². The van der Waals surface area contributed by atoms with Crippen molar-refractivity contribution in [2.75, 3.05) is 12.4 Å². The number of nitriles is 1. The average Bonchev–Trinajstić information content (AvgIpc) is 2.66. The summed E-state index contributed by atoms with van der Waals surface area (Å²) in [7, 11) is 0. The second-order valence-corrected chi connectivity index (χ2v) is 9.45. The van der Waals surface area contributed by atoms with Gasteiger partial charge in [-0.05, 0) is 54.6 Å². The summed E-state index contributed by atoms with van der Waals surface area (Å²) >= 11 is 1.12. The van der Waals surface area contributed by atoms with Crippen LogP contribution in [0.3, 0.4) is 0 Å². The SMILES string of the molecule is CCCSP(=O)(OCC)OC(C#N)c1cccc(Oc2ccccc2)c1. The van der Waals surface area contributed by atoms with Crippen LogP contribution in [0.5, 0.6) is 11.5 Å². The third kappa shape index (κ3) is 6.19. The Morgan fingerprint density at radius 3 is 2.50 bits per heavy atom. The molecule has 2 unspecified atom stereocenters. The molecular formula is C19H22NO4PS. The fourth-order valence-electron chi connectivity index (χ4n) is 2.11. The highest BCUT2D eigenvalue weighted by Gasteiger charge is 2.30. The highest BCUT2D eigenvalue weighted by Crippen LogP contribution is 2.63. The summed E-state index contributed by atoms with van der Waals surface area (Å²) in [6.45, 7) is 0.581. The average molecular weight is 391 g/mol. The topological polar surface area (TPSA) is 68.5 Å². The van der Waals surface area contributed by atoms with E-state index in [9.17, 15) is 9.83 Å². The van der Waals surface area contributed by atoms with Crippen molar-refractivity contribution in [2.45, 2.75) is 26.4 Å². The van der Waals surface area contributed by atoms with Gasteiger partial charge in [-0.25, -0.2) is 4.57 Å². The Labute approximate surface area is 158 Å². The number of ether oxygens (including phenoxy) is 1. The fourth-order valence-corrected chi connectivity index (χ4v) is 5.66. The maximum absolute atomic E-state index is 12.8. The van der Waals surface area contributed by atoms with Gasteiger partial charge < -0.3 is 9.26 Å². The smallest absolute Gasteiger partial charge is 0.390 e. The minimum absolute atomic E-state index is 0.253. The van der Waals surface area contributed by atoms with E-state index in [1.807, 2.05) is 37.3 Å². The van der Waals surface area contributed by atoms with Gasteiger partial charge in [0.2, 0.25) is 0 Å². The Morgan fingerprint density at radius 2 is 1.85 bits per heavy atom. The summed E-state index contributed by atoms with van der Waals surface area (Å²) in [4.78, 5) is 0. The van der Waals surface area contributed by atoms with Crippen molar-refractivity contribution in [3.8, 4) is 17.6 Å². The van der Waals surface area contributed by atoms with Crippen LogP contribution < -0.4 is 4.74 Å². The molecule has 0 aliphatic rings. The number of hydrogen-bond donors (Lipinski definition) is 0. The molecule has 0 heterocycles. The van der Waals surface area contributed by atoms with Crippen LogP contribution in [0.4, 0.5) is 0 Å². The van der Waals surface area contributed by atoms with Crippen molar-refractivity contribution in [1.82, 2.24) is 0 Å². The lowest BCUT2D eigenvalue weighted by atomic mass is 10.1. The van der Waals surface area contributed by atoms with Gasteiger partial charge >= 0.3 is 6.80 Å². The summed E-state index contributed by atoms with van der Waals surface area (Å²) in [5.41, 5.74) is 0.568. The van der Waals surface area contributed by atoms with E-state index in [2.05, 4.69) is 6.07 Å². The first-order valence-corrected chi connectivity index (χ1v) is 11.5. The minimum Gasteiger partial charge on any atom is -0.457 e. The minimum atomic E-state index is -3.40. The van der Waals surface area contributed by atoms with Gasteiger partial charge in [0, 0.05) is 5.75 Å². The third-order valence-corrected chi connectivity index (χ3v) is 7.25. The standard InChI is InChI=1S/C19H22NO4PS/c1-3-13-26-25(21,22-4-2)24-19(15-20)16-9-8-12-18(14-16)23-17-10-6-5-7-11-17/h5-12,14,19H,3-4,13H2,1-2H3. The van der Waals surface area contributed by atoms with Crippen LogP contribution in [0.2, 0.25) is 0 Å². The molecule has 26 heavy (non-hydrogen) atoms. The van der Waals surface area contributed by atoms with E-state index in [1.165, 1.54) is 0 Å². The van der Waals surface area contributed by atoms with E-state index in [1.54, 1.807) is 31.2 Å². The number of hydrogen-bond acceptors (Lipinski definition) is 6. The van der Waals surface area contributed by atoms with Crippen LogP contribution in [-0.2, 0) is 13.6 Å². The largest absolute Gasteiger partial charge is 0.457 e. The molecule has 0 amide bonds. The molecule has 2 rings (SSSR count). The van der Waals surface area contributed by atoms with E-state index in [-0.39, 0.29) is 6.61 Å². The van der Waals surface area contributed by atoms with Gasteiger partial charge in [-0.2, -0.15) is 5.26 Å². The first-order valence-electron chi connectivity index (χ1n) is 8.40. The van der Waals surface area contributed by atoms with Gasteiger partial charge in [0.15, 0.2) is 6.10 Å². The highest BCUT2D eigenvalue weighted by molar-refractivity contribution is 8.55. The summed E-state index contributed by atoms with van der Waals surface area (Å²) in [6.07, 6.45) is -0.168. The molecule has 5 nitrogen and oxygen atoms in total.